The minimum atomic E-state index is 0.403. The Bertz CT molecular complexity index is 271. The molecule has 1 aliphatic rings. The van der Waals surface area contributed by atoms with E-state index in [0.29, 0.717) is 12.1 Å². The average Bonchev–Trinajstić information content (AvgIpc) is 2.71. The molecule has 1 aromatic heterocycles. The molecule has 1 saturated carbocycles. The van der Waals surface area contributed by atoms with Crippen LogP contribution in [0, 0.1) is 0 Å². The van der Waals surface area contributed by atoms with Crippen LogP contribution in [0.2, 0.25) is 0 Å². The summed E-state index contributed by atoms with van der Waals surface area (Å²) in [7, 11) is 0. The normalized spacial score (nSPS) is 26.7. The van der Waals surface area contributed by atoms with E-state index < -0.39 is 0 Å². The molecule has 1 heterocycles. The molecule has 0 radical (unpaired) electrons. The number of nitrogens with one attached hydrogen (secondary N) is 1. The molecule has 0 spiro atoms. The highest BCUT2D eigenvalue weighted by molar-refractivity contribution is 4.98. The first kappa shape index (κ1) is 10.7. The molecule has 15 heavy (non-hydrogen) atoms. The number of hydrogen-bond donors (Lipinski definition) is 2. The fourth-order valence-electron chi connectivity index (χ4n) is 2.27. The Hall–Kier alpha value is -0.800. The van der Waals surface area contributed by atoms with Crippen LogP contribution in [0.3, 0.4) is 0 Å². The maximum Gasteiger partial charge on any atom is 0.105 e. The van der Waals surface area contributed by atoms with Crippen LogP contribution >= 0.6 is 0 Å². The van der Waals surface area contributed by atoms with Gasteiger partial charge in [-0.2, -0.15) is 0 Å². The van der Waals surface area contributed by atoms with E-state index in [1.54, 1.807) is 6.26 Å². The van der Waals surface area contributed by atoms with Crippen molar-refractivity contribution in [3.05, 3.63) is 24.2 Å². The van der Waals surface area contributed by atoms with Crippen LogP contribution < -0.4 is 11.1 Å². The lowest BCUT2D eigenvalue weighted by Crippen LogP contribution is -2.40. The molecule has 2 rings (SSSR count). The average molecular weight is 208 g/mol. The van der Waals surface area contributed by atoms with Crippen molar-refractivity contribution in [1.82, 2.24) is 5.32 Å². The first-order valence-corrected chi connectivity index (χ1v) is 5.86. The molecule has 84 valence electrons. The van der Waals surface area contributed by atoms with Gasteiger partial charge in [-0.05, 0) is 31.4 Å². The van der Waals surface area contributed by atoms with Gasteiger partial charge in [0.05, 0.1) is 6.26 Å². The van der Waals surface area contributed by atoms with Gasteiger partial charge >= 0.3 is 0 Å². The van der Waals surface area contributed by atoms with Crippen LogP contribution in [0.25, 0.3) is 0 Å². The second-order valence-corrected chi connectivity index (χ2v) is 4.41. The zero-order chi connectivity index (χ0) is 10.5. The predicted octanol–water partition coefficient (Wildman–Crippen LogP) is 1.68. The second kappa shape index (κ2) is 5.33. The Morgan fingerprint density at radius 3 is 3.13 bits per heavy atom. The lowest BCUT2D eigenvalue weighted by Gasteiger charge is -2.27. The SMILES string of the molecule is NC1CCCC(NCCc2ccco2)C1. The van der Waals surface area contributed by atoms with E-state index in [4.69, 9.17) is 10.2 Å². The summed E-state index contributed by atoms with van der Waals surface area (Å²) in [6.07, 6.45) is 7.55. The van der Waals surface area contributed by atoms with Gasteiger partial charge in [0, 0.05) is 25.0 Å². The molecule has 0 bridgehead atoms. The topological polar surface area (TPSA) is 51.2 Å². The highest BCUT2D eigenvalue weighted by Crippen LogP contribution is 2.16. The molecule has 3 nitrogen and oxygen atoms in total. The van der Waals surface area contributed by atoms with Crippen molar-refractivity contribution in [2.24, 2.45) is 5.73 Å². The lowest BCUT2D eigenvalue weighted by atomic mass is 9.91. The van der Waals surface area contributed by atoms with Gasteiger partial charge < -0.3 is 15.5 Å². The van der Waals surface area contributed by atoms with Gasteiger partial charge in [-0.25, -0.2) is 0 Å². The number of rotatable bonds is 4. The number of hydrogen-bond acceptors (Lipinski definition) is 3. The van der Waals surface area contributed by atoms with Gasteiger partial charge in [-0.3, -0.25) is 0 Å². The van der Waals surface area contributed by atoms with E-state index in [1.807, 2.05) is 12.1 Å². The quantitative estimate of drug-likeness (QED) is 0.791. The van der Waals surface area contributed by atoms with Crippen molar-refractivity contribution in [2.45, 2.75) is 44.2 Å². The van der Waals surface area contributed by atoms with E-state index in [0.717, 1.165) is 25.1 Å². The monoisotopic (exact) mass is 208 g/mol. The third-order valence-corrected chi connectivity index (χ3v) is 3.10. The molecular weight excluding hydrogens is 188 g/mol. The minimum Gasteiger partial charge on any atom is -0.469 e. The zero-order valence-corrected chi connectivity index (χ0v) is 9.11. The molecule has 3 heteroatoms. The van der Waals surface area contributed by atoms with Crippen LogP contribution in [0.1, 0.15) is 31.4 Å². The van der Waals surface area contributed by atoms with Crippen molar-refractivity contribution < 1.29 is 4.42 Å². The smallest absolute Gasteiger partial charge is 0.105 e. The van der Waals surface area contributed by atoms with E-state index in [1.165, 1.54) is 19.3 Å². The largest absolute Gasteiger partial charge is 0.469 e. The molecule has 0 aliphatic heterocycles. The zero-order valence-electron chi connectivity index (χ0n) is 9.11. The maximum absolute atomic E-state index is 5.93. The minimum absolute atomic E-state index is 0.403. The Kier molecular flexibility index (Phi) is 3.80. The van der Waals surface area contributed by atoms with Crippen LogP contribution in [0.4, 0.5) is 0 Å². The molecule has 1 fully saturated rings. The number of furan rings is 1. The predicted molar refractivity (Wildman–Crippen MR) is 60.6 cm³/mol. The van der Waals surface area contributed by atoms with Gasteiger partial charge in [0.15, 0.2) is 0 Å². The number of nitrogens with two attached hydrogens (primary N) is 1. The Balaban J connectivity index is 1.65. The summed E-state index contributed by atoms with van der Waals surface area (Å²) >= 11 is 0. The fourth-order valence-corrected chi connectivity index (χ4v) is 2.27. The molecule has 2 unspecified atom stereocenters. The van der Waals surface area contributed by atoms with Crippen molar-refractivity contribution in [3.63, 3.8) is 0 Å². The summed E-state index contributed by atoms with van der Waals surface area (Å²) in [6, 6.07) is 4.98. The molecular formula is C12H20N2O. The van der Waals surface area contributed by atoms with Crippen molar-refractivity contribution in [1.29, 1.82) is 0 Å². The van der Waals surface area contributed by atoms with Crippen LogP contribution in [0.15, 0.2) is 22.8 Å². The summed E-state index contributed by atoms with van der Waals surface area (Å²) in [5.41, 5.74) is 5.93. The third-order valence-electron chi connectivity index (χ3n) is 3.10. The van der Waals surface area contributed by atoms with Gasteiger partial charge in [-0.1, -0.05) is 6.42 Å². The lowest BCUT2D eigenvalue weighted by molar-refractivity contribution is 0.338. The highest BCUT2D eigenvalue weighted by Gasteiger charge is 2.18. The van der Waals surface area contributed by atoms with Gasteiger partial charge in [-0.15, -0.1) is 0 Å². The Morgan fingerprint density at radius 1 is 1.47 bits per heavy atom. The van der Waals surface area contributed by atoms with E-state index in [2.05, 4.69) is 5.32 Å². The molecule has 2 atom stereocenters. The van der Waals surface area contributed by atoms with Crippen LogP contribution in [-0.2, 0) is 6.42 Å². The molecule has 0 saturated heterocycles. The fraction of sp³-hybridized carbons (Fsp3) is 0.667. The van der Waals surface area contributed by atoms with Gasteiger partial charge in [0.25, 0.3) is 0 Å². The highest BCUT2D eigenvalue weighted by atomic mass is 16.3. The Labute approximate surface area is 91.0 Å². The van der Waals surface area contributed by atoms with E-state index in [-0.39, 0.29) is 0 Å². The third kappa shape index (κ3) is 3.36. The molecule has 0 amide bonds. The molecule has 0 aromatic carbocycles. The van der Waals surface area contributed by atoms with Gasteiger partial charge in [0.2, 0.25) is 0 Å². The summed E-state index contributed by atoms with van der Waals surface area (Å²) < 4.78 is 5.28. The van der Waals surface area contributed by atoms with E-state index in [9.17, 15) is 0 Å². The van der Waals surface area contributed by atoms with Crippen molar-refractivity contribution >= 4 is 0 Å². The summed E-state index contributed by atoms with van der Waals surface area (Å²) in [6.45, 7) is 0.991. The molecule has 3 N–H and O–H groups in total. The van der Waals surface area contributed by atoms with Crippen molar-refractivity contribution in [3.8, 4) is 0 Å². The molecule has 1 aromatic rings. The molecule has 1 aliphatic carbocycles. The maximum atomic E-state index is 5.93. The first-order valence-electron chi connectivity index (χ1n) is 5.86. The summed E-state index contributed by atoms with van der Waals surface area (Å²) in [4.78, 5) is 0. The van der Waals surface area contributed by atoms with Crippen LogP contribution in [0.5, 0.6) is 0 Å². The summed E-state index contributed by atoms with van der Waals surface area (Å²) in [5, 5.41) is 3.55. The first-order chi connectivity index (χ1) is 7.34. The Morgan fingerprint density at radius 2 is 2.40 bits per heavy atom. The van der Waals surface area contributed by atoms with E-state index >= 15 is 0 Å². The standard InChI is InChI=1S/C12H20N2O/c13-10-3-1-4-11(9-10)14-7-6-12-5-2-8-15-12/h2,5,8,10-11,14H,1,3-4,6-7,9,13H2. The van der Waals surface area contributed by atoms with Crippen molar-refractivity contribution in [2.75, 3.05) is 6.54 Å². The van der Waals surface area contributed by atoms with Gasteiger partial charge in [0.1, 0.15) is 5.76 Å². The second-order valence-electron chi connectivity index (χ2n) is 4.41. The summed E-state index contributed by atoms with van der Waals surface area (Å²) in [5.74, 6) is 1.06. The van der Waals surface area contributed by atoms with Crippen LogP contribution in [-0.4, -0.2) is 18.6 Å².